The van der Waals surface area contributed by atoms with Crippen LogP contribution in [0.15, 0.2) is 443 Å². The van der Waals surface area contributed by atoms with Crippen LogP contribution in [0.5, 0.6) is 0 Å². The summed E-state index contributed by atoms with van der Waals surface area (Å²) in [7, 11) is 0. The first-order valence-corrected chi connectivity index (χ1v) is 50.6. The first-order valence-electron chi connectivity index (χ1n) is 48.2. The van der Waals surface area contributed by atoms with Gasteiger partial charge < -0.3 is 14.7 Å². The fourth-order valence-electron chi connectivity index (χ4n) is 23.9. The van der Waals surface area contributed by atoms with Crippen molar-refractivity contribution < 1.29 is 0 Å². The van der Waals surface area contributed by atoms with Crippen LogP contribution in [-0.4, -0.2) is 0 Å². The summed E-state index contributed by atoms with van der Waals surface area (Å²) >= 11 is 5.71. The molecule has 0 spiro atoms. The molecule has 658 valence electrons. The SMILES string of the molecule is CC1(C)c2ccccc2-c2cc(N(c3ccc(-c4ccccc4)cc3)c3cccc4c3sc3ccc5ccccc5c34)ccc21.CC1(C)c2ccccc2-c2ccc(N(c3cccc4c3-c3ccccc3C4(C)C)c3cccc4c3sc3ccc5ccccc5c34)cc21.CC1(C)c2ccccc2-c2cccc(N(c3ccc(-c4ccccc4)cc3)c3cccc4c3sc3ccc5ccccc5c34)c21. The van der Waals surface area contributed by atoms with E-state index < -0.39 is 0 Å². The fourth-order valence-corrected chi connectivity index (χ4v) is 27.6. The molecule has 0 aliphatic heterocycles. The van der Waals surface area contributed by atoms with Gasteiger partial charge in [0.2, 0.25) is 0 Å². The van der Waals surface area contributed by atoms with Crippen molar-refractivity contribution >= 4 is 178 Å². The van der Waals surface area contributed by atoms with Gasteiger partial charge in [-0.2, -0.15) is 0 Å². The number of rotatable bonds is 11. The van der Waals surface area contributed by atoms with Gasteiger partial charge in [0.15, 0.2) is 0 Å². The van der Waals surface area contributed by atoms with Crippen molar-refractivity contribution in [3.8, 4) is 66.8 Å². The molecule has 0 saturated carbocycles. The third kappa shape index (κ3) is 12.9. The van der Waals surface area contributed by atoms with Gasteiger partial charge in [-0.3, -0.25) is 0 Å². The zero-order valence-corrected chi connectivity index (χ0v) is 80.7. The van der Waals surface area contributed by atoms with E-state index in [9.17, 15) is 0 Å². The monoisotopic (exact) mass is 1820 g/mol. The van der Waals surface area contributed by atoms with E-state index in [-0.39, 0.29) is 21.7 Å². The summed E-state index contributed by atoms with van der Waals surface area (Å²) in [5.41, 5.74) is 37.1. The van der Waals surface area contributed by atoms with Crippen molar-refractivity contribution in [3.05, 3.63) is 487 Å². The average Bonchev–Trinajstić information content (AvgIpc) is 1.56. The van der Waals surface area contributed by atoms with Crippen molar-refractivity contribution in [1.82, 2.24) is 0 Å². The Labute approximate surface area is 817 Å². The molecule has 3 aromatic heterocycles. The maximum atomic E-state index is 2.57. The van der Waals surface area contributed by atoms with Crippen LogP contribution < -0.4 is 14.7 Å². The number of thiophene rings is 3. The summed E-state index contributed by atoms with van der Waals surface area (Å²) in [5, 5.41) is 15.8. The Morgan fingerprint density at radius 1 is 0.181 bits per heavy atom. The molecule has 4 aliphatic rings. The molecular weight excluding hydrogens is 1720 g/mol. The minimum atomic E-state index is -0.144. The van der Waals surface area contributed by atoms with Crippen LogP contribution in [0.1, 0.15) is 99.9 Å². The van der Waals surface area contributed by atoms with E-state index in [1.807, 2.05) is 34.0 Å². The number of hydrogen-bond acceptors (Lipinski definition) is 6. The molecule has 28 rings (SSSR count). The van der Waals surface area contributed by atoms with Crippen molar-refractivity contribution in [3.63, 3.8) is 0 Å². The quantitative estimate of drug-likeness (QED) is 0.128. The highest BCUT2D eigenvalue weighted by Gasteiger charge is 2.43. The van der Waals surface area contributed by atoms with E-state index in [2.05, 4.69) is 513 Å². The van der Waals surface area contributed by atoms with E-state index in [0.717, 1.165) is 11.4 Å². The lowest BCUT2D eigenvalue weighted by Crippen LogP contribution is -2.20. The van der Waals surface area contributed by atoms with Crippen LogP contribution in [0, 0.1) is 0 Å². The van der Waals surface area contributed by atoms with Gasteiger partial charge in [-0.15, -0.1) is 34.0 Å². The van der Waals surface area contributed by atoms with E-state index in [0.29, 0.717) is 0 Å². The topological polar surface area (TPSA) is 9.72 Å². The average molecular weight is 1820 g/mol. The molecule has 0 atom stereocenters. The summed E-state index contributed by atoms with van der Waals surface area (Å²) in [5.74, 6) is 0. The minimum absolute atomic E-state index is 0.0286. The Balaban J connectivity index is 0.000000107. The Hall–Kier alpha value is -15.5. The molecule has 0 fully saturated rings. The largest absolute Gasteiger partial charge is 0.309 e. The minimum Gasteiger partial charge on any atom is -0.309 e. The Bertz CT molecular complexity index is 9090. The van der Waals surface area contributed by atoms with Gasteiger partial charge in [0.25, 0.3) is 0 Å². The first-order chi connectivity index (χ1) is 67.5. The normalized spacial score (nSPS) is 13.9. The fraction of sp³-hybridized carbons (Fsp3) is 0.0909. The Morgan fingerprint density at radius 2 is 0.493 bits per heavy atom. The summed E-state index contributed by atoms with van der Waals surface area (Å²) in [6.07, 6.45) is 0. The molecule has 0 N–H and O–H groups in total. The summed E-state index contributed by atoms with van der Waals surface area (Å²) in [6, 6.07) is 164. The zero-order chi connectivity index (χ0) is 92.6. The predicted molar refractivity (Wildman–Crippen MR) is 596 cm³/mol. The molecule has 138 heavy (non-hydrogen) atoms. The Morgan fingerprint density at radius 3 is 1.00 bits per heavy atom. The number of fused-ring (bicyclic) bond motifs is 27. The predicted octanol–water partition coefficient (Wildman–Crippen LogP) is 38.6. The van der Waals surface area contributed by atoms with Crippen LogP contribution in [0.25, 0.3) is 160 Å². The highest BCUT2D eigenvalue weighted by Crippen LogP contribution is 2.61. The van der Waals surface area contributed by atoms with E-state index >= 15 is 0 Å². The number of benzene rings is 21. The van der Waals surface area contributed by atoms with Gasteiger partial charge in [0, 0.05) is 96.4 Å². The number of nitrogens with zero attached hydrogens (tertiary/aromatic N) is 3. The third-order valence-electron chi connectivity index (χ3n) is 30.6. The van der Waals surface area contributed by atoms with Crippen LogP contribution in [0.4, 0.5) is 51.2 Å². The molecule has 0 unspecified atom stereocenters. The molecule has 4 aliphatic carbocycles. The molecule has 6 heteroatoms. The van der Waals surface area contributed by atoms with Crippen molar-refractivity contribution in [2.24, 2.45) is 0 Å². The summed E-state index contributed by atoms with van der Waals surface area (Å²) < 4.78 is 7.89. The van der Waals surface area contributed by atoms with Gasteiger partial charge in [0.05, 0.1) is 42.5 Å². The standard InChI is InChI=1S/C46H35NS.2C43H31NS/c1-45(2)36-19-10-8-16-33(36)43-37(45)20-12-21-39(43)47(29-24-25-32-31-15-7-9-18-35(31)46(3,4)38(32)27-29)40-22-11-17-34-42-30-14-6-5-13-28(30)23-26-41(42)48-44(34)40;1-43(2)36-19-9-8-16-33(36)34-17-10-20-37(41(34)43)44(31-25-22-29(23-26-31)28-12-4-3-5-13-28)38-21-11-18-35-40-32-15-7-6-14-30(32)24-27-39(40)45-42(35)38;1-43(2)37-17-9-8-15-34(37)36-27-32(24-25-38(36)43)44(31-22-19-29(20-23-31)28-11-4-3-5-12-28)39-18-10-16-35-41-33-14-7-6-13-30(33)21-26-40(41)45-42(35)39/h5-27H,1-4H3;2*3-27H,1-2H3. The van der Waals surface area contributed by atoms with Crippen molar-refractivity contribution in [1.29, 1.82) is 0 Å². The van der Waals surface area contributed by atoms with Crippen molar-refractivity contribution in [2.45, 2.75) is 77.0 Å². The highest BCUT2D eigenvalue weighted by molar-refractivity contribution is 7.27. The molecule has 0 radical (unpaired) electrons. The molecular formula is C132H97N3S3. The van der Waals surface area contributed by atoms with E-state index in [1.54, 1.807) is 0 Å². The summed E-state index contributed by atoms with van der Waals surface area (Å²) in [4.78, 5) is 7.54. The van der Waals surface area contributed by atoms with Crippen molar-refractivity contribution in [2.75, 3.05) is 14.7 Å². The maximum absolute atomic E-state index is 2.57. The molecule has 21 aromatic carbocycles. The second-order valence-corrected chi connectivity index (χ2v) is 42.8. The van der Waals surface area contributed by atoms with E-state index in [4.69, 9.17) is 0 Å². The van der Waals surface area contributed by atoms with Crippen LogP contribution in [0.3, 0.4) is 0 Å². The molecule has 3 heterocycles. The molecule has 0 amide bonds. The first kappa shape index (κ1) is 83.1. The smallest absolute Gasteiger partial charge is 0.0640 e. The summed E-state index contributed by atoms with van der Waals surface area (Å²) in [6.45, 7) is 19.0. The van der Waals surface area contributed by atoms with Gasteiger partial charge in [-0.05, 0) is 235 Å². The third-order valence-corrected chi connectivity index (χ3v) is 34.1. The van der Waals surface area contributed by atoms with Crippen LogP contribution >= 0.6 is 34.0 Å². The highest BCUT2D eigenvalue weighted by atomic mass is 32.1. The molecule has 0 saturated heterocycles. The number of anilines is 9. The van der Waals surface area contributed by atoms with Gasteiger partial charge in [-0.25, -0.2) is 0 Å². The molecule has 3 nitrogen and oxygen atoms in total. The lowest BCUT2D eigenvalue weighted by Gasteiger charge is -2.32. The molecule has 0 bridgehead atoms. The second kappa shape index (κ2) is 32.1. The lowest BCUT2D eigenvalue weighted by atomic mass is 9.81. The van der Waals surface area contributed by atoms with E-state index in [1.165, 1.54) is 244 Å². The Kier molecular flexibility index (Phi) is 19.3. The lowest BCUT2D eigenvalue weighted by molar-refractivity contribution is 0.660. The van der Waals surface area contributed by atoms with Crippen LogP contribution in [-0.2, 0) is 21.7 Å². The zero-order valence-electron chi connectivity index (χ0n) is 78.2. The maximum Gasteiger partial charge on any atom is 0.0640 e. The number of hydrogen-bond donors (Lipinski definition) is 0. The van der Waals surface area contributed by atoms with Gasteiger partial charge in [0.1, 0.15) is 0 Å². The molecule has 24 aromatic rings. The van der Waals surface area contributed by atoms with Crippen LogP contribution in [0.2, 0.25) is 0 Å². The second-order valence-electron chi connectivity index (χ2n) is 39.6. The van der Waals surface area contributed by atoms with Gasteiger partial charge in [-0.1, -0.05) is 401 Å². The van der Waals surface area contributed by atoms with Gasteiger partial charge >= 0.3 is 0 Å².